The number of halogens is 1. The standard InChI is InChI=1S/C18H15ClN2O2S/c1-2-23-15-10-6-5-9-14(15)20-18-21-17(22)16(24-18)11-12-7-3-4-8-13(12)19/h3-11H,2H2,1H3,(H,20,21,22)/b16-11-. The van der Waals surface area contributed by atoms with Gasteiger partial charge in [0.1, 0.15) is 11.4 Å². The number of carbonyl (C=O) groups excluding carboxylic acids is 1. The van der Waals surface area contributed by atoms with E-state index < -0.39 is 0 Å². The summed E-state index contributed by atoms with van der Waals surface area (Å²) in [5, 5.41) is 3.89. The van der Waals surface area contributed by atoms with E-state index in [9.17, 15) is 4.79 Å². The van der Waals surface area contributed by atoms with Crippen molar-refractivity contribution in [3.05, 3.63) is 64.0 Å². The Bertz CT molecular complexity index is 833. The molecule has 1 aliphatic rings. The van der Waals surface area contributed by atoms with Crippen LogP contribution in [0.3, 0.4) is 0 Å². The lowest BCUT2D eigenvalue weighted by atomic mass is 10.2. The first kappa shape index (κ1) is 16.6. The van der Waals surface area contributed by atoms with Crippen LogP contribution in [0.15, 0.2) is 58.4 Å². The zero-order valence-corrected chi connectivity index (χ0v) is 14.5. The van der Waals surface area contributed by atoms with Gasteiger partial charge in [0.15, 0.2) is 5.17 Å². The molecule has 1 fully saturated rings. The highest BCUT2D eigenvalue weighted by Gasteiger charge is 2.24. The van der Waals surface area contributed by atoms with Crippen molar-refractivity contribution >= 4 is 46.2 Å². The molecule has 0 atom stereocenters. The first-order valence-corrected chi connectivity index (χ1v) is 8.62. The summed E-state index contributed by atoms with van der Waals surface area (Å²) in [5.41, 5.74) is 1.48. The molecule has 1 saturated heterocycles. The first-order chi connectivity index (χ1) is 11.7. The molecule has 1 amide bonds. The summed E-state index contributed by atoms with van der Waals surface area (Å²) >= 11 is 7.42. The van der Waals surface area contributed by atoms with Crippen LogP contribution in [0.1, 0.15) is 12.5 Å². The van der Waals surface area contributed by atoms with Crippen LogP contribution in [-0.2, 0) is 4.79 Å². The molecule has 0 saturated carbocycles. The summed E-state index contributed by atoms with van der Waals surface area (Å²) in [6.45, 7) is 2.47. The van der Waals surface area contributed by atoms with Crippen LogP contribution in [0, 0.1) is 0 Å². The lowest BCUT2D eigenvalue weighted by molar-refractivity contribution is -0.115. The van der Waals surface area contributed by atoms with Crippen LogP contribution in [0.5, 0.6) is 5.75 Å². The summed E-state index contributed by atoms with van der Waals surface area (Å²) < 4.78 is 5.55. The van der Waals surface area contributed by atoms with E-state index in [1.54, 1.807) is 12.1 Å². The minimum atomic E-state index is -0.187. The van der Waals surface area contributed by atoms with Crippen molar-refractivity contribution in [1.82, 2.24) is 5.32 Å². The zero-order chi connectivity index (χ0) is 16.9. The van der Waals surface area contributed by atoms with Gasteiger partial charge in [0.25, 0.3) is 5.91 Å². The van der Waals surface area contributed by atoms with Crippen molar-refractivity contribution in [3.63, 3.8) is 0 Å². The maximum atomic E-state index is 12.1. The van der Waals surface area contributed by atoms with Crippen LogP contribution in [0.2, 0.25) is 5.02 Å². The molecule has 0 radical (unpaired) electrons. The third kappa shape index (κ3) is 3.80. The lowest BCUT2D eigenvalue weighted by Crippen LogP contribution is -2.19. The van der Waals surface area contributed by atoms with Gasteiger partial charge < -0.3 is 10.1 Å². The second-order valence-corrected chi connectivity index (χ2v) is 6.34. The van der Waals surface area contributed by atoms with Crippen LogP contribution >= 0.6 is 23.4 Å². The largest absolute Gasteiger partial charge is 0.492 e. The molecular weight excluding hydrogens is 344 g/mol. The maximum absolute atomic E-state index is 12.1. The van der Waals surface area contributed by atoms with Gasteiger partial charge in [-0.05, 0) is 48.5 Å². The summed E-state index contributed by atoms with van der Waals surface area (Å²) in [5.74, 6) is 0.499. The zero-order valence-electron chi connectivity index (χ0n) is 13.0. The molecule has 1 N–H and O–H groups in total. The van der Waals surface area contributed by atoms with Gasteiger partial charge in [-0.25, -0.2) is 4.99 Å². The van der Waals surface area contributed by atoms with Gasteiger partial charge in [0.05, 0.1) is 11.5 Å². The number of hydrogen-bond acceptors (Lipinski definition) is 4. The van der Waals surface area contributed by atoms with Crippen LogP contribution in [-0.4, -0.2) is 17.7 Å². The normalized spacial score (nSPS) is 17.3. The molecule has 6 heteroatoms. The van der Waals surface area contributed by atoms with E-state index in [-0.39, 0.29) is 5.91 Å². The fourth-order valence-corrected chi connectivity index (χ4v) is 3.17. The van der Waals surface area contributed by atoms with Gasteiger partial charge in [0, 0.05) is 5.02 Å². The van der Waals surface area contributed by atoms with E-state index >= 15 is 0 Å². The number of para-hydroxylation sites is 2. The minimum absolute atomic E-state index is 0.187. The molecule has 122 valence electrons. The highest BCUT2D eigenvalue weighted by Crippen LogP contribution is 2.32. The fourth-order valence-electron chi connectivity index (χ4n) is 2.15. The molecular formula is C18H15ClN2O2S. The van der Waals surface area contributed by atoms with Gasteiger partial charge in [-0.15, -0.1) is 0 Å². The van der Waals surface area contributed by atoms with E-state index in [1.165, 1.54) is 11.8 Å². The van der Waals surface area contributed by atoms with Crippen LogP contribution < -0.4 is 10.1 Å². The molecule has 1 aliphatic heterocycles. The summed E-state index contributed by atoms with van der Waals surface area (Å²) in [7, 11) is 0. The van der Waals surface area contributed by atoms with Gasteiger partial charge in [0.2, 0.25) is 0 Å². The van der Waals surface area contributed by atoms with Crippen molar-refractivity contribution in [3.8, 4) is 5.75 Å². The molecule has 0 bridgehead atoms. The monoisotopic (exact) mass is 358 g/mol. The molecule has 2 aromatic carbocycles. The topological polar surface area (TPSA) is 50.7 Å². The number of hydrogen-bond donors (Lipinski definition) is 1. The summed E-state index contributed by atoms with van der Waals surface area (Å²) in [6.07, 6.45) is 1.76. The number of thioether (sulfide) groups is 1. The number of nitrogens with one attached hydrogen (secondary N) is 1. The van der Waals surface area contributed by atoms with Gasteiger partial charge in [-0.2, -0.15) is 0 Å². The number of ether oxygens (including phenoxy) is 1. The van der Waals surface area contributed by atoms with Gasteiger partial charge in [-0.3, -0.25) is 4.79 Å². The van der Waals surface area contributed by atoms with E-state index in [2.05, 4.69) is 10.3 Å². The van der Waals surface area contributed by atoms with Gasteiger partial charge in [-0.1, -0.05) is 41.9 Å². The molecule has 0 aliphatic carbocycles. The molecule has 0 aromatic heterocycles. The van der Waals surface area contributed by atoms with E-state index in [0.29, 0.717) is 33.1 Å². The second-order valence-electron chi connectivity index (χ2n) is 4.90. The molecule has 2 aromatic rings. The Morgan fingerprint density at radius 2 is 1.96 bits per heavy atom. The average Bonchev–Trinajstić information content (AvgIpc) is 2.91. The summed E-state index contributed by atoms with van der Waals surface area (Å²) in [4.78, 5) is 17.2. The van der Waals surface area contributed by atoms with Crippen molar-refractivity contribution < 1.29 is 9.53 Å². The lowest BCUT2D eigenvalue weighted by Gasteiger charge is -2.06. The average molecular weight is 359 g/mol. The van der Waals surface area contributed by atoms with Crippen LogP contribution in [0.4, 0.5) is 5.69 Å². The van der Waals surface area contributed by atoms with Crippen LogP contribution in [0.25, 0.3) is 6.08 Å². The Morgan fingerprint density at radius 3 is 2.75 bits per heavy atom. The highest BCUT2D eigenvalue weighted by molar-refractivity contribution is 8.18. The SMILES string of the molecule is CCOc1ccccc1N=C1NC(=O)/C(=C/c2ccccc2Cl)S1. The van der Waals surface area contributed by atoms with Crippen molar-refractivity contribution in [2.75, 3.05) is 6.61 Å². The van der Waals surface area contributed by atoms with Gasteiger partial charge >= 0.3 is 0 Å². The molecule has 0 unspecified atom stereocenters. The number of amidine groups is 1. The number of rotatable bonds is 4. The van der Waals surface area contributed by atoms with E-state index in [4.69, 9.17) is 16.3 Å². The Morgan fingerprint density at radius 1 is 1.21 bits per heavy atom. The molecule has 0 spiro atoms. The number of carbonyl (C=O) groups is 1. The molecule has 4 nitrogen and oxygen atoms in total. The highest BCUT2D eigenvalue weighted by atomic mass is 35.5. The second kappa shape index (κ2) is 7.55. The number of amides is 1. The third-order valence-electron chi connectivity index (χ3n) is 3.23. The summed E-state index contributed by atoms with van der Waals surface area (Å²) in [6, 6.07) is 14.8. The Kier molecular flexibility index (Phi) is 5.23. The Balaban J connectivity index is 1.86. The number of nitrogens with zero attached hydrogens (tertiary/aromatic N) is 1. The van der Waals surface area contributed by atoms with E-state index in [1.807, 2.05) is 49.4 Å². The van der Waals surface area contributed by atoms with Crippen molar-refractivity contribution in [2.24, 2.45) is 4.99 Å². The van der Waals surface area contributed by atoms with Crippen molar-refractivity contribution in [1.29, 1.82) is 0 Å². The quantitative estimate of drug-likeness (QED) is 0.810. The minimum Gasteiger partial charge on any atom is -0.492 e. The molecule has 3 rings (SSSR count). The Labute approximate surface area is 149 Å². The number of aliphatic imine (C=N–C) groups is 1. The smallest absolute Gasteiger partial charge is 0.264 e. The number of benzene rings is 2. The van der Waals surface area contributed by atoms with Crippen molar-refractivity contribution in [2.45, 2.75) is 6.92 Å². The molecule has 24 heavy (non-hydrogen) atoms. The predicted octanol–water partition coefficient (Wildman–Crippen LogP) is 4.63. The maximum Gasteiger partial charge on any atom is 0.264 e. The predicted molar refractivity (Wildman–Crippen MR) is 99.9 cm³/mol. The molecule has 1 heterocycles. The Hall–Kier alpha value is -2.24. The fraction of sp³-hybridized carbons (Fsp3) is 0.111. The third-order valence-corrected chi connectivity index (χ3v) is 4.48. The first-order valence-electron chi connectivity index (χ1n) is 7.43. The van der Waals surface area contributed by atoms with E-state index in [0.717, 1.165) is 5.56 Å².